The second-order valence-corrected chi connectivity index (χ2v) is 1.28. The minimum atomic E-state index is -0.653. The lowest BCUT2D eigenvalue weighted by Gasteiger charge is -1.92. The number of urea groups is 1. The van der Waals surface area contributed by atoms with E-state index in [1.54, 1.807) is 0 Å². The minimum Gasteiger partial charge on any atom is -0.206 e. The third-order valence-corrected chi connectivity index (χ3v) is 0.716. The molecule has 0 spiro atoms. The van der Waals surface area contributed by atoms with E-state index in [0.717, 1.165) is 0 Å². The Morgan fingerprint density at radius 2 is 2.62 bits per heavy atom. The smallest absolute Gasteiger partial charge is 0.206 e. The second kappa shape index (κ2) is 1.69. The van der Waals surface area contributed by atoms with Gasteiger partial charge in [0.1, 0.15) is 0 Å². The summed E-state index contributed by atoms with van der Waals surface area (Å²) in [6.45, 7) is -0.0914. The van der Waals surface area contributed by atoms with Crippen LogP contribution in [0.5, 0.6) is 0 Å². The van der Waals surface area contributed by atoms with Crippen LogP contribution in [-0.2, 0) is 0 Å². The maximum Gasteiger partial charge on any atom is 0.537 e. The van der Waals surface area contributed by atoms with Crippen LogP contribution in [0.3, 0.4) is 0 Å². The second-order valence-electron chi connectivity index (χ2n) is 1.28. The summed E-state index contributed by atoms with van der Waals surface area (Å²) in [7, 11) is 0. The summed E-state index contributed by atoms with van der Waals surface area (Å²) in [6, 6.07) is -0.653. The average molecular weight is 114 g/mol. The molecule has 1 aliphatic rings. The Morgan fingerprint density at radius 3 is 3.00 bits per heavy atom. The average Bonchev–Trinajstić information content (AvgIpc) is 1.77. The molecule has 1 N–H and O–H groups in total. The van der Waals surface area contributed by atoms with E-state index >= 15 is 0 Å². The van der Waals surface area contributed by atoms with E-state index in [2.05, 4.69) is 10.3 Å². The minimum absolute atomic E-state index is 0.0914. The molecule has 0 fully saturated rings. The van der Waals surface area contributed by atoms with Crippen LogP contribution in [0, 0.1) is 4.91 Å². The van der Waals surface area contributed by atoms with Gasteiger partial charge in [0, 0.05) is 4.76 Å². The summed E-state index contributed by atoms with van der Waals surface area (Å²) in [5.41, 5.74) is 0. The fraction of sp³-hybridized carbons (Fsp3) is 0.333. The van der Waals surface area contributed by atoms with Crippen LogP contribution < -0.4 is 5.32 Å². The molecule has 0 saturated carbocycles. The first-order valence-electron chi connectivity index (χ1n) is 2.04. The van der Waals surface area contributed by atoms with Crippen LogP contribution in [0.1, 0.15) is 0 Å². The first kappa shape index (κ1) is 4.89. The van der Waals surface area contributed by atoms with Crippen molar-refractivity contribution in [1.82, 2.24) is 5.32 Å². The predicted molar refractivity (Wildman–Crippen MR) is 25.5 cm³/mol. The van der Waals surface area contributed by atoms with Crippen molar-refractivity contribution in [2.24, 2.45) is 4.99 Å². The molecule has 5 heteroatoms. The van der Waals surface area contributed by atoms with Crippen molar-refractivity contribution in [2.75, 3.05) is 6.67 Å². The van der Waals surface area contributed by atoms with Crippen LogP contribution in [0.2, 0.25) is 0 Å². The molecule has 0 radical (unpaired) electrons. The number of hydrogen-bond acceptors (Lipinski definition) is 3. The van der Waals surface area contributed by atoms with E-state index in [0.29, 0.717) is 0 Å². The Bertz CT molecular complexity index is 144. The highest BCUT2D eigenvalue weighted by Gasteiger charge is 2.20. The fourth-order valence-electron chi connectivity index (χ4n) is 0.352. The van der Waals surface area contributed by atoms with Gasteiger partial charge in [0.15, 0.2) is 6.34 Å². The van der Waals surface area contributed by atoms with Crippen molar-refractivity contribution in [1.29, 1.82) is 0 Å². The Kier molecular flexibility index (Phi) is 1.03. The van der Waals surface area contributed by atoms with Gasteiger partial charge in [0.2, 0.25) is 6.67 Å². The van der Waals surface area contributed by atoms with Crippen LogP contribution in [0.4, 0.5) is 4.79 Å². The number of aliphatic imine (C=N–C) groups is 1. The molecule has 0 saturated heterocycles. The topological polar surface area (TPSA) is 61.5 Å². The molecule has 1 heterocycles. The van der Waals surface area contributed by atoms with Crippen molar-refractivity contribution in [3.8, 4) is 0 Å². The van der Waals surface area contributed by atoms with Gasteiger partial charge in [0.05, 0.1) is 0 Å². The van der Waals surface area contributed by atoms with Gasteiger partial charge < -0.3 is 0 Å². The van der Waals surface area contributed by atoms with E-state index in [9.17, 15) is 9.70 Å². The molecule has 0 aliphatic carbocycles. The highest BCUT2D eigenvalue weighted by molar-refractivity contribution is 5.81. The molecule has 0 atom stereocenters. The van der Waals surface area contributed by atoms with Crippen LogP contribution in [-0.4, -0.2) is 23.8 Å². The SMILES string of the molecule is O=C1NC=NC[N+]1=O. The van der Waals surface area contributed by atoms with E-state index in [4.69, 9.17) is 0 Å². The van der Waals surface area contributed by atoms with Crippen LogP contribution in [0.25, 0.3) is 0 Å². The van der Waals surface area contributed by atoms with Crippen LogP contribution >= 0.6 is 0 Å². The summed E-state index contributed by atoms with van der Waals surface area (Å²) < 4.78 is 0.236. The van der Waals surface area contributed by atoms with Gasteiger partial charge in [-0.2, -0.15) is 10.1 Å². The van der Waals surface area contributed by atoms with Crippen molar-refractivity contribution < 1.29 is 9.55 Å². The number of carbonyl (C=O) groups is 1. The number of nitrogens with zero attached hydrogens (tertiary/aromatic N) is 2. The summed E-state index contributed by atoms with van der Waals surface area (Å²) >= 11 is 0. The molecule has 1 aliphatic heterocycles. The molecule has 0 aromatic heterocycles. The summed E-state index contributed by atoms with van der Waals surface area (Å²) in [5.74, 6) is 0. The van der Waals surface area contributed by atoms with Crippen molar-refractivity contribution in [3.05, 3.63) is 4.91 Å². The zero-order valence-electron chi connectivity index (χ0n) is 4.00. The van der Waals surface area contributed by atoms with Gasteiger partial charge in [0.25, 0.3) is 0 Å². The molecule has 42 valence electrons. The number of carbonyl (C=O) groups excluding carboxylic acids is 1. The van der Waals surface area contributed by atoms with E-state index < -0.39 is 6.03 Å². The summed E-state index contributed by atoms with van der Waals surface area (Å²) in [5, 5.41) is 2.11. The standard InChI is InChI=1S/C3H3N3O2/c7-3-5-1-4-2-6(3)8/h1H,2H2/p+1. The predicted octanol–water partition coefficient (Wildman–Crippen LogP) is -0.526. The normalized spacial score (nSPS) is 18.5. The lowest BCUT2D eigenvalue weighted by Crippen LogP contribution is -2.34. The highest BCUT2D eigenvalue weighted by atomic mass is 16.3. The van der Waals surface area contributed by atoms with Gasteiger partial charge >= 0.3 is 6.03 Å². The lowest BCUT2D eigenvalue weighted by atomic mass is 10.8. The van der Waals surface area contributed by atoms with Crippen LogP contribution in [0.15, 0.2) is 4.99 Å². The first-order valence-corrected chi connectivity index (χ1v) is 2.04. The molecule has 5 nitrogen and oxygen atoms in total. The number of nitroso groups, excluding NO2 is 1. The van der Waals surface area contributed by atoms with Gasteiger partial charge in [-0.25, -0.2) is 4.99 Å². The molecule has 8 heavy (non-hydrogen) atoms. The zero-order chi connectivity index (χ0) is 5.98. The lowest BCUT2D eigenvalue weighted by molar-refractivity contribution is -0.449. The van der Waals surface area contributed by atoms with Crippen molar-refractivity contribution in [3.63, 3.8) is 0 Å². The number of rotatable bonds is 0. The molecular formula is C3H4N3O2+. The maximum atomic E-state index is 10.2. The summed E-state index contributed by atoms with van der Waals surface area (Å²) in [4.78, 5) is 23.9. The number of hydrogen-bond donors (Lipinski definition) is 1. The molecular weight excluding hydrogens is 110 g/mol. The highest BCUT2D eigenvalue weighted by Crippen LogP contribution is 1.80. The Labute approximate surface area is 45.0 Å². The molecule has 1 rings (SSSR count). The Balaban J connectivity index is 2.71. The largest absolute Gasteiger partial charge is 0.537 e. The van der Waals surface area contributed by atoms with Crippen molar-refractivity contribution >= 4 is 12.4 Å². The van der Waals surface area contributed by atoms with Crippen molar-refractivity contribution in [2.45, 2.75) is 0 Å². The van der Waals surface area contributed by atoms with E-state index in [1.165, 1.54) is 6.34 Å². The number of nitrogens with one attached hydrogen (secondary N) is 1. The monoisotopic (exact) mass is 114 g/mol. The van der Waals surface area contributed by atoms with Gasteiger partial charge in [-0.15, -0.1) is 0 Å². The summed E-state index contributed by atoms with van der Waals surface area (Å²) in [6.07, 6.45) is 1.21. The Hall–Kier alpha value is -1.26. The fourth-order valence-corrected chi connectivity index (χ4v) is 0.352. The van der Waals surface area contributed by atoms with E-state index in [-0.39, 0.29) is 11.4 Å². The maximum absolute atomic E-state index is 10.2. The first-order chi connectivity index (χ1) is 3.80. The van der Waals surface area contributed by atoms with Gasteiger partial charge in [-0.05, 0) is 0 Å². The molecule has 2 amide bonds. The number of amides is 2. The zero-order valence-corrected chi connectivity index (χ0v) is 4.00. The molecule has 0 unspecified atom stereocenters. The Morgan fingerprint density at radius 1 is 1.88 bits per heavy atom. The molecule has 0 aromatic rings. The third-order valence-electron chi connectivity index (χ3n) is 0.716. The van der Waals surface area contributed by atoms with Gasteiger partial charge in [-0.1, -0.05) is 4.91 Å². The molecule has 0 bridgehead atoms. The van der Waals surface area contributed by atoms with E-state index in [1.807, 2.05) is 0 Å². The quantitative estimate of drug-likeness (QED) is 0.430. The third kappa shape index (κ3) is 0.699. The van der Waals surface area contributed by atoms with Gasteiger partial charge in [-0.3, -0.25) is 0 Å². The molecule has 0 aromatic carbocycles.